The molecule has 0 saturated carbocycles. The van der Waals surface area contributed by atoms with Gasteiger partial charge < -0.3 is 5.11 Å². The van der Waals surface area contributed by atoms with E-state index in [1.54, 1.807) is 6.07 Å². The second kappa shape index (κ2) is 6.18. The van der Waals surface area contributed by atoms with Gasteiger partial charge >= 0.3 is 0 Å². The summed E-state index contributed by atoms with van der Waals surface area (Å²) in [7, 11) is 0. The molecule has 1 heterocycles. The van der Waals surface area contributed by atoms with Crippen LogP contribution >= 0.6 is 0 Å². The fraction of sp³-hybridized carbons (Fsp3) is 0.438. The molecule has 2 aromatic rings. The molecule has 0 spiro atoms. The van der Waals surface area contributed by atoms with Crippen molar-refractivity contribution >= 4 is 0 Å². The van der Waals surface area contributed by atoms with Gasteiger partial charge in [0.15, 0.2) is 0 Å². The zero-order valence-corrected chi connectivity index (χ0v) is 12.2. The molecule has 1 aromatic carbocycles. The molecule has 2 unspecified atom stereocenters. The van der Waals surface area contributed by atoms with Gasteiger partial charge in [-0.15, -0.1) is 0 Å². The molecule has 4 heteroatoms. The predicted molar refractivity (Wildman–Crippen MR) is 77.0 cm³/mol. The molecule has 1 aromatic heterocycles. The number of nitrogens with zero attached hydrogens (tertiary/aromatic N) is 2. The molecule has 1 N–H and O–H groups in total. The minimum atomic E-state index is -0.731. The van der Waals surface area contributed by atoms with Crippen molar-refractivity contribution in [3.05, 3.63) is 53.1 Å². The van der Waals surface area contributed by atoms with Crippen LogP contribution in [0.1, 0.15) is 49.2 Å². The summed E-state index contributed by atoms with van der Waals surface area (Å²) in [5.74, 6) is -0.324. The largest absolute Gasteiger partial charge is 0.388 e. The predicted octanol–water partition coefficient (Wildman–Crippen LogP) is 3.58. The second-order valence-corrected chi connectivity index (χ2v) is 5.27. The zero-order chi connectivity index (χ0) is 14.7. The molecule has 0 aliphatic carbocycles. The molecule has 2 atom stereocenters. The second-order valence-electron chi connectivity index (χ2n) is 5.27. The minimum absolute atomic E-state index is 0.324. The van der Waals surface area contributed by atoms with Gasteiger partial charge in [0.1, 0.15) is 5.82 Å². The molecule has 0 aliphatic rings. The van der Waals surface area contributed by atoms with Crippen LogP contribution in [0.25, 0.3) is 0 Å². The number of aromatic nitrogens is 2. The van der Waals surface area contributed by atoms with Crippen molar-refractivity contribution in [1.82, 2.24) is 9.78 Å². The SMILES string of the molecule is CCC(C)n1ccc(CC(O)c2cc(F)ccc2C)n1. The third-order valence-electron chi connectivity index (χ3n) is 3.71. The van der Waals surface area contributed by atoms with Crippen LogP contribution in [0.5, 0.6) is 0 Å². The average Bonchev–Trinajstić information content (AvgIpc) is 2.89. The zero-order valence-electron chi connectivity index (χ0n) is 12.2. The van der Waals surface area contributed by atoms with Crippen LogP contribution in [0, 0.1) is 12.7 Å². The Bertz CT molecular complexity index is 580. The van der Waals surface area contributed by atoms with Gasteiger partial charge in [-0.2, -0.15) is 5.10 Å². The van der Waals surface area contributed by atoms with E-state index in [1.807, 2.05) is 23.9 Å². The topological polar surface area (TPSA) is 38.0 Å². The number of aliphatic hydroxyl groups excluding tert-OH is 1. The standard InChI is InChI=1S/C16H21FN2O/c1-4-12(3)19-8-7-14(18-19)10-16(20)15-9-13(17)6-5-11(15)2/h5-9,12,16,20H,4,10H2,1-3H3. The first-order valence-electron chi connectivity index (χ1n) is 6.99. The maximum Gasteiger partial charge on any atom is 0.123 e. The van der Waals surface area contributed by atoms with Crippen molar-refractivity contribution < 1.29 is 9.50 Å². The van der Waals surface area contributed by atoms with Gasteiger partial charge in [-0.25, -0.2) is 4.39 Å². The molecule has 3 nitrogen and oxygen atoms in total. The highest BCUT2D eigenvalue weighted by molar-refractivity contribution is 5.29. The number of benzene rings is 1. The Morgan fingerprint density at radius 1 is 1.35 bits per heavy atom. The number of hydrogen-bond donors (Lipinski definition) is 1. The number of aryl methyl sites for hydroxylation is 1. The smallest absolute Gasteiger partial charge is 0.123 e. The summed E-state index contributed by atoms with van der Waals surface area (Å²) in [4.78, 5) is 0. The van der Waals surface area contributed by atoms with Crippen molar-refractivity contribution in [3.63, 3.8) is 0 Å². The van der Waals surface area contributed by atoms with E-state index in [4.69, 9.17) is 0 Å². The van der Waals surface area contributed by atoms with E-state index < -0.39 is 6.10 Å². The van der Waals surface area contributed by atoms with Gasteiger partial charge in [0.05, 0.1) is 11.8 Å². The van der Waals surface area contributed by atoms with Crippen LogP contribution in [0.15, 0.2) is 30.5 Å². The molecule has 0 amide bonds. The van der Waals surface area contributed by atoms with Gasteiger partial charge in [-0.3, -0.25) is 4.68 Å². The first-order chi connectivity index (χ1) is 9.51. The van der Waals surface area contributed by atoms with E-state index >= 15 is 0 Å². The molecule has 108 valence electrons. The van der Waals surface area contributed by atoms with Crippen molar-refractivity contribution in [2.75, 3.05) is 0 Å². The lowest BCUT2D eigenvalue weighted by molar-refractivity contribution is 0.175. The van der Waals surface area contributed by atoms with E-state index in [0.717, 1.165) is 17.7 Å². The molecule has 0 saturated heterocycles. The lowest BCUT2D eigenvalue weighted by atomic mass is 10.00. The van der Waals surface area contributed by atoms with E-state index in [0.29, 0.717) is 18.0 Å². The first-order valence-corrected chi connectivity index (χ1v) is 6.99. The van der Waals surface area contributed by atoms with Crippen molar-refractivity contribution in [2.24, 2.45) is 0 Å². The summed E-state index contributed by atoms with van der Waals surface area (Å²) in [6, 6.07) is 6.74. The maximum absolute atomic E-state index is 13.3. The van der Waals surface area contributed by atoms with Crippen LogP contribution < -0.4 is 0 Å². The Morgan fingerprint density at radius 3 is 2.80 bits per heavy atom. The Morgan fingerprint density at radius 2 is 2.10 bits per heavy atom. The van der Waals surface area contributed by atoms with Gasteiger partial charge in [0.2, 0.25) is 0 Å². The lowest BCUT2D eigenvalue weighted by Crippen LogP contribution is -2.08. The molecular weight excluding hydrogens is 255 g/mol. The normalized spacial score (nSPS) is 14.2. The van der Waals surface area contributed by atoms with Crippen LogP contribution in [0.4, 0.5) is 4.39 Å². The summed E-state index contributed by atoms with van der Waals surface area (Å²) < 4.78 is 15.2. The molecule has 0 bridgehead atoms. The highest BCUT2D eigenvalue weighted by Gasteiger charge is 2.14. The minimum Gasteiger partial charge on any atom is -0.388 e. The van der Waals surface area contributed by atoms with Crippen molar-refractivity contribution in [3.8, 4) is 0 Å². The summed E-state index contributed by atoms with van der Waals surface area (Å²) in [6.07, 6.45) is 2.60. The maximum atomic E-state index is 13.3. The molecule has 2 rings (SSSR count). The highest BCUT2D eigenvalue weighted by atomic mass is 19.1. The fourth-order valence-corrected chi connectivity index (χ4v) is 2.20. The van der Waals surface area contributed by atoms with E-state index in [9.17, 15) is 9.50 Å². The Kier molecular flexibility index (Phi) is 4.55. The molecule has 0 radical (unpaired) electrons. The third kappa shape index (κ3) is 3.25. The third-order valence-corrected chi connectivity index (χ3v) is 3.71. The summed E-state index contributed by atoms with van der Waals surface area (Å²) >= 11 is 0. The number of rotatable bonds is 5. The number of halogens is 1. The van der Waals surface area contributed by atoms with E-state index in [-0.39, 0.29) is 5.82 Å². The van der Waals surface area contributed by atoms with Gasteiger partial charge in [0, 0.05) is 18.7 Å². The van der Waals surface area contributed by atoms with Gasteiger partial charge in [0.25, 0.3) is 0 Å². The van der Waals surface area contributed by atoms with Crippen LogP contribution in [-0.4, -0.2) is 14.9 Å². The Balaban J connectivity index is 2.13. The number of aliphatic hydroxyl groups is 1. The summed E-state index contributed by atoms with van der Waals surface area (Å²) in [6.45, 7) is 6.08. The van der Waals surface area contributed by atoms with Gasteiger partial charge in [-0.1, -0.05) is 13.0 Å². The van der Waals surface area contributed by atoms with Gasteiger partial charge in [-0.05, 0) is 49.6 Å². The quantitative estimate of drug-likeness (QED) is 0.906. The molecule has 0 aliphatic heterocycles. The molecule has 0 fully saturated rings. The summed E-state index contributed by atoms with van der Waals surface area (Å²) in [5, 5.41) is 14.7. The van der Waals surface area contributed by atoms with E-state index in [2.05, 4.69) is 18.9 Å². The Hall–Kier alpha value is -1.68. The van der Waals surface area contributed by atoms with Crippen LogP contribution in [0.2, 0.25) is 0 Å². The highest BCUT2D eigenvalue weighted by Crippen LogP contribution is 2.22. The van der Waals surface area contributed by atoms with E-state index in [1.165, 1.54) is 12.1 Å². The first kappa shape index (κ1) is 14.7. The van der Waals surface area contributed by atoms with Crippen LogP contribution in [-0.2, 0) is 6.42 Å². The van der Waals surface area contributed by atoms with Crippen molar-refractivity contribution in [1.29, 1.82) is 0 Å². The lowest BCUT2D eigenvalue weighted by Gasteiger charge is -2.13. The van der Waals surface area contributed by atoms with Crippen LogP contribution in [0.3, 0.4) is 0 Å². The molecule has 20 heavy (non-hydrogen) atoms. The number of hydrogen-bond acceptors (Lipinski definition) is 2. The monoisotopic (exact) mass is 276 g/mol. The Labute approximate surface area is 119 Å². The average molecular weight is 276 g/mol. The summed E-state index contributed by atoms with van der Waals surface area (Å²) in [5.41, 5.74) is 2.34. The molecular formula is C16H21FN2O. The fourth-order valence-electron chi connectivity index (χ4n) is 2.20. The van der Waals surface area contributed by atoms with Crippen molar-refractivity contribution in [2.45, 2.75) is 45.8 Å².